The molecule has 0 spiro atoms. The highest BCUT2D eigenvalue weighted by molar-refractivity contribution is 7.99. The van der Waals surface area contributed by atoms with Crippen LogP contribution in [0.1, 0.15) is 5.56 Å². The molecule has 1 N–H and O–H groups in total. The Balaban J connectivity index is 1.64. The lowest BCUT2D eigenvalue weighted by Gasteiger charge is -2.11. The molecule has 0 aliphatic carbocycles. The van der Waals surface area contributed by atoms with Gasteiger partial charge in [-0.05, 0) is 30.7 Å². The molecule has 0 unspecified atom stereocenters. The molecular formula is C18H15ClFN3O3S. The topological polar surface area (TPSA) is 77.2 Å². The molecule has 3 aromatic rings. The fraction of sp³-hybridized carbons (Fsp3) is 0.167. The van der Waals surface area contributed by atoms with Gasteiger partial charge in [0.2, 0.25) is 5.91 Å². The van der Waals surface area contributed by atoms with Crippen LogP contribution in [0.2, 0.25) is 5.02 Å². The Bertz CT molecular complexity index is 980. The van der Waals surface area contributed by atoms with Gasteiger partial charge in [-0.1, -0.05) is 35.5 Å². The molecule has 27 heavy (non-hydrogen) atoms. The Morgan fingerprint density at radius 3 is 2.85 bits per heavy atom. The average molecular weight is 408 g/mol. The summed E-state index contributed by atoms with van der Waals surface area (Å²) in [6.45, 7) is 1.83. The highest BCUT2D eigenvalue weighted by Gasteiger charge is 2.15. The number of carbonyl (C=O) groups is 1. The molecule has 0 atom stereocenters. The Hall–Kier alpha value is -2.58. The van der Waals surface area contributed by atoms with E-state index in [0.717, 1.165) is 17.3 Å². The van der Waals surface area contributed by atoms with Crippen LogP contribution >= 0.6 is 23.4 Å². The fourth-order valence-corrected chi connectivity index (χ4v) is 2.97. The second kappa shape index (κ2) is 8.41. The van der Waals surface area contributed by atoms with Gasteiger partial charge in [0.05, 0.1) is 24.1 Å². The van der Waals surface area contributed by atoms with E-state index in [1.165, 1.54) is 13.2 Å². The maximum atomic E-state index is 13.8. The SMILES string of the molecule is COc1cc(Cl)c(C)cc1NC(=O)CSc1nnc(-c2ccccc2F)o1. The summed E-state index contributed by atoms with van der Waals surface area (Å²) in [6, 6.07) is 9.46. The lowest BCUT2D eigenvalue weighted by atomic mass is 10.2. The highest BCUT2D eigenvalue weighted by Crippen LogP contribution is 2.31. The first-order chi connectivity index (χ1) is 13.0. The standard InChI is InChI=1S/C18H15ClFN3O3S/c1-10-7-14(15(25-2)8-12(10)19)21-16(24)9-27-18-23-22-17(26-18)11-5-3-4-6-13(11)20/h3-8H,9H2,1-2H3,(H,21,24). The van der Waals surface area contributed by atoms with Crippen LogP contribution in [0, 0.1) is 12.7 Å². The molecule has 6 nitrogen and oxygen atoms in total. The number of ether oxygens (including phenoxy) is 1. The zero-order chi connectivity index (χ0) is 19.4. The van der Waals surface area contributed by atoms with Crippen molar-refractivity contribution in [3.63, 3.8) is 0 Å². The van der Waals surface area contributed by atoms with Crippen molar-refractivity contribution in [1.29, 1.82) is 0 Å². The van der Waals surface area contributed by atoms with Crippen molar-refractivity contribution in [2.24, 2.45) is 0 Å². The van der Waals surface area contributed by atoms with Crippen molar-refractivity contribution in [1.82, 2.24) is 10.2 Å². The van der Waals surface area contributed by atoms with Crippen molar-refractivity contribution in [2.45, 2.75) is 12.1 Å². The summed E-state index contributed by atoms with van der Waals surface area (Å²) in [7, 11) is 1.49. The van der Waals surface area contributed by atoms with Crippen LogP contribution in [-0.2, 0) is 4.79 Å². The van der Waals surface area contributed by atoms with Gasteiger partial charge >= 0.3 is 0 Å². The molecule has 1 aromatic heterocycles. The number of rotatable bonds is 6. The van der Waals surface area contributed by atoms with Crippen LogP contribution in [0.5, 0.6) is 5.75 Å². The third-order valence-corrected chi connectivity index (χ3v) is 4.82. The number of halogens is 2. The number of benzene rings is 2. The Morgan fingerprint density at radius 1 is 1.33 bits per heavy atom. The molecule has 0 aliphatic rings. The van der Waals surface area contributed by atoms with E-state index in [0.29, 0.717) is 16.5 Å². The highest BCUT2D eigenvalue weighted by atomic mass is 35.5. The Labute approximate surface area is 164 Å². The number of aryl methyl sites for hydroxylation is 1. The summed E-state index contributed by atoms with van der Waals surface area (Å²) in [4.78, 5) is 12.2. The minimum absolute atomic E-state index is 0.0315. The molecular weight excluding hydrogens is 393 g/mol. The van der Waals surface area contributed by atoms with Gasteiger partial charge in [0, 0.05) is 11.1 Å². The molecule has 0 aliphatic heterocycles. The number of anilines is 1. The second-order valence-electron chi connectivity index (χ2n) is 5.49. The maximum Gasteiger partial charge on any atom is 0.277 e. The minimum atomic E-state index is -0.458. The number of amides is 1. The first kappa shape index (κ1) is 19.2. The van der Waals surface area contributed by atoms with Crippen LogP contribution < -0.4 is 10.1 Å². The van der Waals surface area contributed by atoms with Gasteiger partial charge in [-0.2, -0.15) is 0 Å². The molecule has 140 valence electrons. The number of thioether (sulfide) groups is 1. The largest absolute Gasteiger partial charge is 0.495 e. The summed E-state index contributed by atoms with van der Waals surface area (Å²) in [5.74, 6) is -0.190. The van der Waals surface area contributed by atoms with Crippen LogP contribution in [0.15, 0.2) is 46.0 Å². The van der Waals surface area contributed by atoms with E-state index < -0.39 is 5.82 Å². The zero-order valence-corrected chi connectivity index (χ0v) is 16.0. The van der Waals surface area contributed by atoms with Gasteiger partial charge < -0.3 is 14.5 Å². The number of carbonyl (C=O) groups excluding carboxylic acids is 1. The van der Waals surface area contributed by atoms with E-state index >= 15 is 0 Å². The van der Waals surface area contributed by atoms with Gasteiger partial charge in [0.25, 0.3) is 11.1 Å². The van der Waals surface area contributed by atoms with Crippen molar-refractivity contribution in [3.8, 4) is 17.2 Å². The molecule has 3 rings (SSSR count). The van der Waals surface area contributed by atoms with Gasteiger partial charge in [0.15, 0.2) is 0 Å². The predicted octanol–water partition coefficient (Wildman–Crippen LogP) is 4.58. The number of hydrogen-bond donors (Lipinski definition) is 1. The lowest BCUT2D eigenvalue weighted by Crippen LogP contribution is -2.15. The molecule has 1 amide bonds. The Kier molecular flexibility index (Phi) is 5.98. The summed E-state index contributed by atoms with van der Waals surface area (Å²) in [5, 5.41) is 11.1. The summed E-state index contributed by atoms with van der Waals surface area (Å²) < 4.78 is 24.4. The number of nitrogens with one attached hydrogen (secondary N) is 1. The van der Waals surface area contributed by atoms with Crippen molar-refractivity contribution < 1.29 is 18.3 Å². The third kappa shape index (κ3) is 4.58. The molecule has 0 saturated heterocycles. The van der Waals surface area contributed by atoms with Gasteiger partial charge in [-0.3, -0.25) is 4.79 Å². The molecule has 1 heterocycles. The normalized spacial score (nSPS) is 10.7. The third-order valence-electron chi connectivity index (χ3n) is 3.59. The monoisotopic (exact) mass is 407 g/mol. The van der Waals surface area contributed by atoms with E-state index in [1.807, 2.05) is 6.92 Å². The maximum absolute atomic E-state index is 13.8. The fourth-order valence-electron chi connectivity index (χ4n) is 2.25. The molecule has 9 heteroatoms. The van der Waals surface area contributed by atoms with Crippen molar-refractivity contribution >= 4 is 35.0 Å². The number of hydrogen-bond acceptors (Lipinski definition) is 6. The van der Waals surface area contributed by atoms with Crippen LogP contribution in [-0.4, -0.2) is 29.0 Å². The van der Waals surface area contributed by atoms with Crippen molar-refractivity contribution in [3.05, 3.63) is 52.8 Å². The predicted molar refractivity (Wildman–Crippen MR) is 102 cm³/mol. The van der Waals surface area contributed by atoms with Crippen LogP contribution in [0.3, 0.4) is 0 Å². The molecule has 0 radical (unpaired) electrons. The van der Waals surface area contributed by atoms with Gasteiger partial charge in [-0.25, -0.2) is 4.39 Å². The average Bonchev–Trinajstić information content (AvgIpc) is 3.12. The van der Waals surface area contributed by atoms with E-state index in [9.17, 15) is 9.18 Å². The van der Waals surface area contributed by atoms with Crippen molar-refractivity contribution in [2.75, 3.05) is 18.2 Å². The summed E-state index contributed by atoms with van der Waals surface area (Å²) >= 11 is 7.10. The number of aromatic nitrogens is 2. The van der Waals surface area contributed by atoms with Crippen LogP contribution in [0.4, 0.5) is 10.1 Å². The second-order valence-corrected chi connectivity index (χ2v) is 6.83. The first-order valence-corrected chi connectivity index (χ1v) is 9.19. The summed E-state index contributed by atoms with van der Waals surface area (Å²) in [6.07, 6.45) is 0. The van der Waals surface area contributed by atoms with Gasteiger partial charge in [0.1, 0.15) is 11.6 Å². The summed E-state index contributed by atoms with van der Waals surface area (Å²) in [5.41, 5.74) is 1.54. The molecule has 2 aromatic carbocycles. The Morgan fingerprint density at radius 2 is 2.11 bits per heavy atom. The number of nitrogens with zero attached hydrogens (tertiary/aromatic N) is 2. The molecule has 0 fully saturated rings. The van der Waals surface area contributed by atoms with E-state index in [2.05, 4.69) is 15.5 Å². The van der Waals surface area contributed by atoms with Gasteiger partial charge in [-0.15, -0.1) is 10.2 Å². The quantitative estimate of drug-likeness (QED) is 0.603. The molecule has 0 bridgehead atoms. The number of methoxy groups -OCH3 is 1. The smallest absolute Gasteiger partial charge is 0.277 e. The lowest BCUT2D eigenvalue weighted by molar-refractivity contribution is -0.113. The zero-order valence-electron chi connectivity index (χ0n) is 14.5. The minimum Gasteiger partial charge on any atom is -0.495 e. The first-order valence-electron chi connectivity index (χ1n) is 7.83. The molecule has 0 saturated carbocycles. The van der Waals surface area contributed by atoms with E-state index in [4.69, 9.17) is 20.8 Å². The van der Waals surface area contributed by atoms with E-state index in [1.54, 1.807) is 30.3 Å². The van der Waals surface area contributed by atoms with E-state index in [-0.39, 0.29) is 28.3 Å². The van der Waals surface area contributed by atoms with Crippen LogP contribution in [0.25, 0.3) is 11.5 Å².